The predicted octanol–water partition coefficient (Wildman–Crippen LogP) is 3.16. The van der Waals surface area contributed by atoms with Gasteiger partial charge in [0.05, 0.1) is 10.9 Å². The summed E-state index contributed by atoms with van der Waals surface area (Å²) in [5.41, 5.74) is 2.54. The van der Waals surface area contributed by atoms with Crippen molar-refractivity contribution in [2.45, 2.75) is 37.8 Å². The summed E-state index contributed by atoms with van der Waals surface area (Å²) in [6.07, 6.45) is 3.58. The summed E-state index contributed by atoms with van der Waals surface area (Å²) >= 11 is 1.43. The van der Waals surface area contributed by atoms with Crippen LogP contribution in [-0.2, 0) is 11.2 Å². The summed E-state index contributed by atoms with van der Waals surface area (Å²) in [6.45, 7) is 0.663. The van der Waals surface area contributed by atoms with Crippen LogP contribution in [0.2, 0.25) is 0 Å². The second-order valence-corrected chi connectivity index (χ2v) is 7.38. The monoisotopic (exact) mass is 340 g/mol. The molecule has 1 fully saturated rings. The molecule has 5 heteroatoms. The van der Waals surface area contributed by atoms with E-state index in [-0.39, 0.29) is 23.9 Å². The Morgan fingerprint density at radius 1 is 1.12 bits per heavy atom. The van der Waals surface area contributed by atoms with Gasteiger partial charge in [0.2, 0.25) is 5.91 Å². The third-order valence-electron chi connectivity index (χ3n) is 5.00. The van der Waals surface area contributed by atoms with Crippen molar-refractivity contribution in [2.75, 3.05) is 6.54 Å². The largest absolute Gasteiger partial charge is 0.347 e. The number of fused-ring (bicyclic) bond motifs is 1. The summed E-state index contributed by atoms with van der Waals surface area (Å²) < 4.78 is 0. The smallest absolute Gasteiger partial charge is 0.264 e. The first kappa shape index (κ1) is 15.4. The number of rotatable bonds is 3. The molecule has 1 aromatic carbocycles. The summed E-state index contributed by atoms with van der Waals surface area (Å²) in [5, 5.41) is 5.07. The lowest BCUT2D eigenvalue weighted by Gasteiger charge is -2.25. The van der Waals surface area contributed by atoms with Crippen LogP contribution in [0.5, 0.6) is 0 Å². The molecule has 0 saturated carbocycles. The number of carbonyl (C=O) groups excluding carboxylic acids is 2. The van der Waals surface area contributed by atoms with Crippen molar-refractivity contribution in [1.29, 1.82) is 0 Å². The molecular weight excluding hydrogens is 320 g/mol. The Labute approximate surface area is 145 Å². The number of benzene rings is 1. The maximum atomic E-state index is 12.8. The van der Waals surface area contributed by atoms with Gasteiger partial charge >= 0.3 is 0 Å². The molecule has 1 aliphatic carbocycles. The highest BCUT2D eigenvalue weighted by Crippen LogP contribution is 2.31. The van der Waals surface area contributed by atoms with Gasteiger partial charge in [0.25, 0.3) is 5.91 Å². The van der Waals surface area contributed by atoms with Crippen molar-refractivity contribution >= 4 is 23.2 Å². The first-order chi connectivity index (χ1) is 11.7. The Kier molecular flexibility index (Phi) is 4.10. The number of nitrogens with one attached hydrogen (secondary N) is 1. The quantitative estimate of drug-likeness (QED) is 0.933. The molecule has 2 atom stereocenters. The van der Waals surface area contributed by atoms with Crippen LogP contribution < -0.4 is 5.32 Å². The van der Waals surface area contributed by atoms with E-state index in [9.17, 15) is 9.59 Å². The molecule has 2 aromatic rings. The highest BCUT2D eigenvalue weighted by molar-refractivity contribution is 7.12. The van der Waals surface area contributed by atoms with Gasteiger partial charge in [0, 0.05) is 6.54 Å². The second kappa shape index (κ2) is 6.40. The molecule has 0 bridgehead atoms. The van der Waals surface area contributed by atoms with E-state index in [0.717, 1.165) is 25.7 Å². The van der Waals surface area contributed by atoms with Gasteiger partial charge in [-0.1, -0.05) is 30.3 Å². The average Bonchev–Trinajstić information content (AvgIpc) is 3.35. The van der Waals surface area contributed by atoms with Gasteiger partial charge in [0.1, 0.15) is 6.04 Å². The van der Waals surface area contributed by atoms with E-state index in [4.69, 9.17) is 0 Å². The number of nitrogens with zero attached hydrogens (tertiary/aromatic N) is 1. The molecule has 124 valence electrons. The van der Waals surface area contributed by atoms with E-state index in [0.29, 0.717) is 11.4 Å². The Bertz CT molecular complexity index is 756. The molecule has 0 radical (unpaired) electrons. The van der Waals surface area contributed by atoms with Crippen LogP contribution in [0.3, 0.4) is 0 Å². The van der Waals surface area contributed by atoms with Gasteiger partial charge in [0.15, 0.2) is 0 Å². The van der Waals surface area contributed by atoms with E-state index in [1.807, 2.05) is 29.6 Å². The normalized spacial score (nSPS) is 22.4. The summed E-state index contributed by atoms with van der Waals surface area (Å²) in [7, 11) is 0. The summed E-state index contributed by atoms with van der Waals surface area (Å²) in [4.78, 5) is 27.9. The lowest BCUT2D eigenvalue weighted by molar-refractivity contribution is -0.125. The summed E-state index contributed by atoms with van der Waals surface area (Å²) in [5.74, 6) is -0.0337. The van der Waals surface area contributed by atoms with Gasteiger partial charge in [-0.05, 0) is 48.3 Å². The molecule has 0 spiro atoms. The molecule has 4 rings (SSSR count). The average molecular weight is 340 g/mol. The first-order valence-electron chi connectivity index (χ1n) is 8.46. The number of aryl methyl sites for hydroxylation is 1. The van der Waals surface area contributed by atoms with E-state index in [2.05, 4.69) is 17.4 Å². The third kappa shape index (κ3) is 2.73. The number of hydrogen-bond donors (Lipinski definition) is 1. The lowest BCUT2D eigenvalue weighted by Crippen LogP contribution is -2.46. The molecule has 2 amide bonds. The third-order valence-corrected chi connectivity index (χ3v) is 5.86. The van der Waals surface area contributed by atoms with Crippen LogP contribution in [0, 0.1) is 0 Å². The minimum atomic E-state index is -0.340. The topological polar surface area (TPSA) is 49.4 Å². The molecule has 4 nitrogen and oxygen atoms in total. The van der Waals surface area contributed by atoms with Crippen molar-refractivity contribution in [3.63, 3.8) is 0 Å². The van der Waals surface area contributed by atoms with E-state index >= 15 is 0 Å². The van der Waals surface area contributed by atoms with E-state index in [1.165, 1.54) is 22.5 Å². The van der Waals surface area contributed by atoms with Crippen LogP contribution in [-0.4, -0.2) is 29.3 Å². The van der Waals surface area contributed by atoms with Crippen molar-refractivity contribution < 1.29 is 9.59 Å². The van der Waals surface area contributed by atoms with Gasteiger partial charge in [-0.15, -0.1) is 11.3 Å². The van der Waals surface area contributed by atoms with Gasteiger partial charge < -0.3 is 10.2 Å². The van der Waals surface area contributed by atoms with Gasteiger partial charge in [-0.3, -0.25) is 9.59 Å². The van der Waals surface area contributed by atoms with E-state index in [1.54, 1.807) is 4.90 Å². The standard InChI is InChI=1S/C19H20N2O2S/c22-18(20-15-10-9-13-5-1-2-6-14(13)15)16-7-3-11-21(16)19(23)17-8-4-12-24-17/h1-2,4-6,8,12,15-16H,3,7,9-11H2,(H,20,22). The number of carbonyl (C=O) groups is 2. The van der Waals surface area contributed by atoms with Crippen molar-refractivity contribution in [3.8, 4) is 0 Å². The highest BCUT2D eigenvalue weighted by Gasteiger charge is 2.36. The Balaban J connectivity index is 1.47. The molecule has 2 aliphatic rings. The van der Waals surface area contributed by atoms with Gasteiger partial charge in [-0.25, -0.2) is 0 Å². The zero-order valence-corrected chi connectivity index (χ0v) is 14.2. The van der Waals surface area contributed by atoms with Crippen LogP contribution in [0.25, 0.3) is 0 Å². The number of amides is 2. The zero-order chi connectivity index (χ0) is 16.5. The molecule has 2 heterocycles. The number of likely N-dealkylation sites (tertiary alicyclic amines) is 1. The molecule has 2 unspecified atom stereocenters. The fourth-order valence-corrected chi connectivity index (χ4v) is 4.48. The van der Waals surface area contributed by atoms with Crippen LogP contribution in [0.15, 0.2) is 41.8 Å². The van der Waals surface area contributed by atoms with Crippen LogP contribution in [0.1, 0.15) is 46.1 Å². The first-order valence-corrected chi connectivity index (χ1v) is 9.34. The summed E-state index contributed by atoms with van der Waals surface area (Å²) in [6, 6.07) is 11.7. The Morgan fingerprint density at radius 2 is 2.00 bits per heavy atom. The fraction of sp³-hybridized carbons (Fsp3) is 0.368. The number of thiophene rings is 1. The lowest BCUT2D eigenvalue weighted by atomic mass is 10.1. The molecule has 1 N–H and O–H groups in total. The van der Waals surface area contributed by atoms with E-state index < -0.39 is 0 Å². The van der Waals surface area contributed by atoms with Crippen molar-refractivity contribution in [2.24, 2.45) is 0 Å². The number of hydrogen-bond acceptors (Lipinski definition) is 3. The van der Waals surface area contributed by atoms with Gasteiger partial charge in [-0.2, -0.15) is 0 Å². The molecule has 1 aromatic heterocycles. The van der Waals surface area contributed by atoms with Crippen molar-refractivity contribution in [1.82, 2.24) is 10.2 Å². The highest BCUT2D eigenvalue weighted by atomic mass is 32.1. The Hall–Kier alpha value is -2.14. The maximum Gasteiger partial charge on any atom is 0.264 e. The SMILES string of the molecule is O=C(NC1CCc2ccccc21)C1CCCN1C(=O)c1cccs1. The molecule has 1 aliphatic heterocycles. The fourth-order valence-electron chi connectivity index (χ4n) is 3.80. The molecule has 1 saturated heterocycles. The zero-order valence-electron chi connectivity index (χ0n) is 13.4. The molecule has 24 heavy (non-hydrogen) atoms. The van der Waals surface area contributed by atoms with Crippen LogP contribution >= 0.6 is 11.3 Å². The van der Waals surface area contributed by atoms with Crippen LogP contribution in [0.4, 0.5) is 0 Å². The minimum absolute atomic E-state index is 0.0147. The molecular formula is C19H20N2O2S. The second-order valence-electron chi connectivity index (χ2n) is 6.43. The Morgan fingerprint density at radius 3 is 2.83 bits per heavy atom. The predicted molar refractivity (Wildman–Crippen MR) is 94.0 cm³/mol. The minimum Gasteiger partial charge on any atom is -0.347 e. The maximum absolute atomic E-state index is 12.8. The van der Waals surface area contributed by atoms with Crippen molar-refractivity contribution in [3.05, 3.63) is 57.8 Å².